The molecule has 0 saturated carbocycles. The maximum absolute atomic E-state index is 12.3. The highest BCUT2D eigenvalue weighted by Crippen LogP contribution is 2.28. The van der Waals surface area contributed by atoms with E-state index in [0.29, 0.717) is 36.2 Å². The average Bonchev–Trinajstić information content (AvgIpc) is 3.12. The molecule has 0 atom stereocenters. The molecule has 1 aromatic carbocycles. The van der Waals surface area contributed by atoms with Gasteiger partial charge in [0.2, 0.25) is 5.91 Å². The second kappa shape index (κ2) is 7.47. The Morgan fingerprint density at radius 2 is 1.92 bits per heavy atom. The first-order chi connectivity index (χ1) is 12.5. The first-order valence-corrected chi connectivity index (χ1v) is 8.59. The molecule has 0 spiro atoms. The summed E-state index contributed by atoms with van der Waals surface area (Å²) in [5.41, 5.74) is 1.77. The molecule has 3 aromatic rings. The van der Waals surface area contributed by atoms with Crippen molar-refractivity contribution < 1.29 is 14.3 Å². The minimum absolute atomic E-state index is 0.0925. The van der Waals surface area contributed by atoms with Crippen LogP contribution in [-0.2, 0) is 17.8 Å². The smallest absolute Gasteiger partial charge is 0.339 e. The van der Waals surface area contributed by atoms with Crippen molar-refractivity contribution in [3.63, 3.8) is 0 Å². The standard InChI is InChI=1S/C20H22N2O4/c1-13-15-5-7-17(23)14(2)19(15)26-20(25)16(13)6-8-18(24)21-9-12-22-10-3-4-11-22/h3-5,7,10-11,23H,6,8-9,12H2,1-2H3,(H,21,24). The minimum Gasteiger partial charge on any atom is -0.508 e. The topological polar surface area (TPSA) is 84.5 Å². The summed E-state index contributed by atoms with van der Waals surface area (Å²) in [5.74, 6) is -0.00666. The SMILES string of the molecule is Cc1c(CCC(=O)NCCn2cccc2)c(=O)oc2c(C)c(O)ccc12. The van der Waals surface area contributed by atoms with Crippen molar-refractivity contribution in [2.75, 3.05) is 6.54 Å². The molecular weight excluding hydrogens is 332 g/mol. The van der Waals surface area contributed by atoms with Crippen molar-refractivity contribution in [1.29, 1.82) is 0 Å². The summed E-state index contributed by atoms with van der Waals surface area (Å²) < 4.78 is 7.38. The van der Waals surface area contributed by atoms with Crippen LogP contribution < -0.4 is 10.9 Å². The summed E-state index contributed by atoms with van der Waals surface area (Å²) in [7, 11) is 0. The van der Waals surface area contributed by atoms with Crippen molar-refractivity contribution in [3.8, 4) is 5.75 Å². The largest absolute Gasteiger partial charge is 0.508 e. The zero-order valence-electron chi connectivity index (χ0n) is 14.9. The molecular formula is C20H22N2O4. The Kier molecular flexibility index (Phi) is 5.11. The van der Waals surface area contributed by atoms with Crippen molar-refractivity contribution in [2.24, 2.45) is 0 Å². The summed E-state index contributed by atoms with van der Waals surface area (Å²) in [5, 5.41) is 13.4. The number of phenolic OH excluding ortho intramolecular Hbond substituents is 1. The highest BCUT2D eigenvalue weighted by molar-refractivity contribution is 5.85. The van der Waals surface area contributed by atoms with Gasteiger partial charge in [0.05, 0.1) is 0 Å². The molecule has 1 amide bonds. The highest BCUT2D eigenvalue weighted by atomic mass is 16.4. The lowest BCUT2D eigenvalue weighted by atomic mass is 10.0. The summed E-state index contributed by atoms with van der Waals surface area (Å²) in [6, 6.07) is 7.19. The Morgan fingerprint density at radius 3 is 2.65 bits per heavy atom. The number of nitrogens with one attached hydrogen (secondary N) is 1. The molecule has 0 aliphatic carbocycles. The number of amides is 1. The van der Waals surface area contributed by atoms with Crippen LogP contribution >= 0.6 is 0 Å². The Labute approximate surface area is 151 Å². The number of fused-ring (bicyclic) bond motifs is 1. The van der Waals surface area contributed by atoms with E-state index in [1.165, 1.54) is 0 Å². The lowest BCUT2D eigenvalue weighted by molar-refractivity contribution is -0.121. The van der Waals surface area contributed by atoms with E-state index in [4.69, 9.17) is 4.42 Å². The first-order valence-electron chi connectivity index (χ1n) is 8.59. The molecule has 0 unspecified atom stereocenters. The number of hydrogen-bond donors (Lipinski definition) is 2. The van der Waals surface area contributed by atoms with Gasteiger partial charge in [-0.15, -0.1) is 0 Å². The molecule has 6 nitrogen and oxygen atoms in total. The molecule has 0 aliphatic heterocycles. The van der Waals surface area contributed by atoms with Crippen LogP contribution in [0.1, 0.15) is 23.1 Å². The fraction of sp³-hybridized carbons (Fsp3) is 0.300. The van der Waals surface area contributed by atoms with E-state index < -0.39 is 5.63 Å². The lowest BCUT2D eigenvalue weighted by Crippen LogP contribution is -2.27. The van der Waals surface area contributed by atoms with Crippen molar-refractivity contribution in [3.05, 3.63) is 63.8 Å². The number of aromatic hydroxyl groups is 1. The maximum atomic E-state index is 12.3. The molecule has 6 heteroatoms. The van der Waals surface area contributed by atoms with Crippen LogP contribution in [0.3, 0.4) is 0 Å². The number of hydrogen-bond acceptors (Lipinski definition) is 4. The predicted molar refractivity (Wildman–Crippen MR) is 99.4 cm³/mol. The van der Waals surface area contributed by atoms with E-state index >= 15 is 0 Å². The first kappa shape index (κ1) is 17.8. The average molecular weight is 354 g/mol. The van der Waals surface area contributed by atoms with Crippen LogP contribution in [0, 0.1) is 13.8 Å². The van der Waals surface area contributed by atoms with Gasteiger partial charge >= 0.3 is 5.63 Å². The third-order valence-corrected chi connectivity index (χ3v) is 4.64. The predicted octanol–water partition coefficient (Wildman–Crippen LogP) is 2.67. The van der Waals surface area contributed by atoms with Crippen molar-refractivity contribution >= 4 is 16.9 Å². The Hall–Kier alpha value is -3.02. The molecule has 3 rings (SSSR count). The van der Waals surface area contributed by atoms with Gasteiger partial charge in [-0.25, -0.2) is 4.79 Å². The fourth-order valence-electron chi connectivity index (χ4n) is 3.04. The fourth-order valence-corrected chi connectivity index (χ4v) is 3.04. The van der Waals surface area contributed by atoms with Gasteiger partial charge in [0, 0.05) is 48.4 Å². The molecule has 0 radical (unpaired) electrons. The minimum atomic E-state index is -0.455. The van der Waals surface area contributed by atoms with E-state index in [-0.39, 0.29) is 18.1 Å². The van der Waals surface area contributed by atoms with Crippen molar-refractivity contribution in [1.82, 2.24) is 9.88 Å². The zero-order valence-corrected chi connectivity index (χ0v) is 14.9. The summed E-state index contributed by atoms with van der Waals surface area (Å²) in [6.45, 7) is 4.79. The molecule has 0 bridgehead atoms. The van der Waals surface area contributed by atoms with Crippen LogP contribution in [0.5, 0.6) is 5.75 Å². The molecule has 0 aliphatic rings. The molecule has 0 fully saturated rings. The third kappa shape index (κ3) is 3.64. The molecule has 2 N–H and O–H groups in total. The number of carbonyl (C=O) groups is 1. The number of benzene rings is 1. The number of nitrogens with zero attached hydrogens (tertiary/aromatic N) is 1. The van der Waals surface area contributed by atoms with Gasteiger partial charge < -0.3 is 19.4 Å². The van der Waals surface area contributed by atoms with E-state index in [1.54, 1.807) is 19.1 Å². The second-order valence-electron chi connectivity index (χ2n) is 6.35. The van der Waals surface area contributed by atoms with Gasteiger partial charge in [-0.05, 0) is 50.1 Å². The van der Waals surface area contributed by atoms with Crippen LogP contribution in [0.25, 0.3) is 11.0 Å². The summed E-state index contributed by atoms with van der Waals surface area (Å²) in [4.78, 5) is 24.4. The van der Waals surface area contributed by atoms with E-state index in [1.807, 2.05) is 36.0 Å². The van der Waals surface area contributed by atoms with Crippen LogP contribution in [0.15, 0.2) is 45.9 Å². The number of phenols is 1. The summed E-state index contributed by atoms with van der Waals surface area (Å²) >= 11 is 0. The second-order valence-corrected chi connectivity index (χ2v) is 6.35. The number of rotatable bonds is 6. The highest BCUT2D eigenvalue weighted by Gasteiger charge is 2.15. The van der Waals surface area contributed by atoms with Gasteiger partial charge in [0.15, 0.2) is 0 Å². The molecule has 136 valence electrons. The van der Waals surface area contributed by atoms with E-state index in [0.717, 1.165) is 10.9 Å². The van der Waals surface area contributed by atoms with Crippen LogP contribution in [0.2, 0.25) is 0 Å². The Bertz CT molecular complexity index is 987. The Morgan fingerprint density at radius 1 is 1.19 bits per heavy atom. The van der Waals surface area contributed by atoms with Gasteiger partial charge in [0.1, 0.15) is 11.3 Å². The molecule has 0 saturated heterocycles. The number of aryl methyl sites for hydroxylation is 2. The molecule has 26 heavy (non-hydrogen) atoms. The quantitative estimate of drug-likeness (QED) is 0.667. The van der Waals surface area contributed by atoms with Crippen molar-refractivity contribution in [2.45, 2.75) is 33.2 Å². The van der Waals surface area contributed by atoms with Gasteiger partial charge in [-0.3, -0.25) is 4.79 Å². The Balaban J connectivity index is 1.68. The van der Waals surface area contributed by atoms with Crippen LogP contribution in [-0.4, -0.2) is 22.1 Å². The summed E-state index contributed by atoms with van der Waals surface area (Å²) in [6.07, 6.45) is 4.42. The third-order valence-electron chi connectivity index (χ3n) is 4.64. The lowest BCUT2D eigenvalue weighted by Gasteiger charge is -2.10. The molecule has 2 heterocycles. The van der Waals surface area contributed by atoms with Crippen LogP contribution in [0.4, 0.5) is 0 Å². The number of aromatic nitrogens is 1. The van der Waals surface area contributed by atoms with E-state index in [2.05, 4.69) is 5.32 Å². The molecule has 2 aromatic heterocycles. The maximum Gasteiger partial charge on any atom is 0.339 e. The van der Waals surface area contributed by atoms with Gasteiger partial charge in [-0.2, -0.15) is 0 Å². The normalized spacial score (nSPS) is 11.0. The van der Waals surface area contributed by atoms with E-state index in [9.17, 15) is 14.7 Å². The zero-order chi connectivity index (χ0) is 18.7. The number of carbonyl (C=O) groups excluding carboxylic acids is 1. The monoisotopic (exact) mass is 354 g/mol. The van der Waals surface area contributed by atoms with Gasteiger partial charge in [-0.1, -0.05) is 0 Å². The van der Waals surface area contributed by atoms with Gasteiger partial charge in [0.25, 0.3) is 0 Å².